The second-order valence-corrected chi connectivity index (χ2v) is 11.3. The smallest absolute Gasteiger partial charge is 0.490 e. The van der Waals surface area contributed by atoms with Crippen molar-refractivity contribution in [2.24, 2.45) is 5.41 Å². The standard InChI is InChI=1S/C23H28FN3O4S.C2HF3O2/c1-25-22(28)15-27-16-23(17-31-20-4-2-3-5-21(20)32(27,29)30)10-12-26(13-11-23)14-18-6-8-19(24)9-7-18;3-2(4,5)1(6)7/h2-9H,10-17H2,1H3,(H,25,28);(H,6,7). The summed E-state index contributed by atoms with van der Waals surface area (Å²) in [6.45, 7) is 2.61. The zero-order valence-electron chi connectivity index (χ0n) is 21.1. The van der Waals surface area contributed by atoms with Crippen molar-refractivity contribution >= 4 is 21.9 Å². The fraction of sp³-hybridized carbons (Fsp3) is 0.440. The van der Waals surface area contributed by atoms with Crippen molar-refractivity contribution in [1.82, 2.24) is 14.5 Å². The van der Waals surface area contributed by atoms with E-state index in [1.54, 1.807) is 30.3 Å². The second-order valence-electron chi connectivity index (χ2n) is 9.39. The normalized spacial score (nSPS) is 18.9. The summed E-state index contributed by atoms with van der Waals surface area (Å²) in [6.07, 6.45) is -3.62. The van der Waals surface area contributed by atoms with E-state index in [9.17, 15) is 30.8 Å². The van der Waals surface area contributed by atoms with E-state index in [4.69, 9.17) is 14.6 Å². The average molecular weight is 576 g/mol. The molecule has 9 nitrogen and oxygen atoms in total. The highest BCUT2D eigenvalue weighted by molar-refractivity contribution is 7.89. The quantitative estimate of drug-likeness (QED) is 0.539. The highest BCUT2D eigenvalue weighted by atomic mass is 32.2. The van der Waals surface area contributed by atoms with Crippen LogP contribution in [0.4, 0.5) is 17.6 Å². The summed E-state index contributed by atoms with van der Waals surface area (Å²) in [7, 11) is -2.39. The number of carbonyl (C=O) groups excluding carboxylic acids is 1. The van der Waals surface area contributed by atoms with Crippen LogP contribution in [0.25, 0.3) is 0 Å². The third kappa shape index (κ3) is 7.90. The highest BCUT2D eigenvalue weighted by Crippen LogP contribution is 2.39. The number of benzene rings is 2. The maximum atomic E-state index is 13.4. The summed E-state index contributed by atoms with van der Waals surface area (Å²) in [5.74, 6) is -3.04. The largest absolute Gasteiger partial charge is 0.492 e. The van der Waals surface area contributed by atoms with Gasteiger partial charge < -0.3 is 15.2 Å². The number of likely N-dealkylation sites (tertiary alicyclic amines) is 1. The van der Waals surface area contributed by atoms with Crippen LogP contribution in [-0.2, 0) is 26.2 Å². The molecule has 4 rings (SSSR count). The van der Waals surface area contributed by atoms with Crippen LogP contribution in [0.3, 0.4) is 0 Å². The van der Waals surface area contributed by atoms with Gasteiger partial charge in [-0.05, 0) is 55.8 Å². The average Bonchev–Trinajstić information content (AvgIpc) is 2.89. The van der Waals surface area contributed by atoms with Gasteiger partial charge in [0.15, 0.2) is 0 Å². The van der Waals surface area contributed by atoms with Crippen molar-refractivity contribution in [2.75, 3.05) is 39.8 Å². The summed E-state index contributed by atoms with van der Waals surface area (Å²) < 4.78 is 79.1. The van der Waals surface area contributed by atoms with Crippen LogP contribution in [0.1, 0.15) is 18.4 Å². The van der Waals surface area contributed by atoms with Crippen LogP contribution < -0.4 is 10.1 Å². The Labute approximate surface area is 223 Å². The van der Waals surface area contributed by atoms with Crippen LogP contribution in [0.2, 0.25) is 0 Å². The third-order valence-electron chi connectivity index (χ3n) is 6.59. The lowest BCUT2D eigenvalue weighted by Crippen LogP contribution is -2.53. The molecule has 214 valence electrons. The van der Waals surface area contributed by atoms with Crippen LogP contribution in [0, 0.1) is 11.2 Å². The maximum Gasteiger partial charge on any atom is 0.490 e. The number of halogens is 4. The number of alkyl halides is 3. The molecule has 39 heavy (non-hydrogen) atoms. The van der Waals surface area contributed by atoms with Gasteiger partial charge >= 0.3 is 12.1 Å². The van der Waals surface area contributed by atoms with Crippen molar-refractivity contribution in [1.29, 1.82) is 0 Å². The van der Waals surface area contributed by atoms with Crippen molar-refractivity contribution in [3.8, 4) is 5.75 Å². The van der Waals surface area contributed by atoms with Crippen molar-refractivity contribution in [3.05, 3.63) is 59.9 Å². The molecule has 2 N–H and O–H groups in total. The Morgan fingerprint density at radius 3 is 2.23 bits per heavy atom. The summed E-state index contributed by atoms with van der Waals surface area (Å²) in [5, 5.41) is 9.65. The summed E-state index contributed by atoms with van der Waals surface area (Å²) >= 11 is 0. The molecule has 0 atom stereocenters. The molecule has 1 fully saturated rings. The Morgan fingerprint density at radius 1 is 1.08 bits per heavy atom. The second kappa shape index (κ2) is 12.3. The minimum Gasteiger partial charge on any atom is -0.492 e. The van der Waals surface area contributed by atoms with Gasteiger partial charge in [0, 0.05) is 25.6 Å². The Balaban J connectivity index is 0.000000532. The molecular formula is C25H29F4N3O6S. The molecule has 2 aliphatic rings. The van der Waals surface area contributed by atoms with Crippen molar-refractivity contribution in [2.45, 2.75) is 30.5 Å². The fourth-order valence-corrected chi connectivity index (χ4v) is 6.01. The number of piperidine rings is 1. The molecule has 0 unspecified atom stereocenters. The molecule has 0 radical (unpaired) electrons. The molecule has 2 heterocycles. The number of hydrogen-bond donors (Lipinski definition) is 2. The number of rotatable bonds is 4. The lowest BCUT2D eigenvalue weighted by Gasteiger charge is -2.44. The minimum atomic E-state index is -5.08. The number of amides is 1. The first-order chi connectivity index (χ1) is 18.3. The van der Waals surface area contributed by atoms with Gasteiger partial charge in [-0.3, -0.25) is 9.69 Å². The summed E-state index contributed by atoms with van der Waals surface area (Å²) in [6, 6.07) is 13.1. The molecule has 1 spiro atoms. The number of ether oxygens (including phenoxy) is 1. The first-order valence-electron chi connectivity index (χ1n) is 12.0. The van der Waals surface area contributed by atoms with Crippen LogP contribution in [0.15, 0.2) is 53.4 Å². The molecule has 2 aromatic carbocycles. The number of carboxylic acid groups (broad SMARTS) is 1. The monoisotopic (exact) mass is 575 g/mol. The lowest BCUT2D eigenvalue weighted by atomic mass is 9.78. The number of para-hydroxylation sites is 1. The van der Waals surface area contributed by atoms with E-state index in [0.717, 1.165) is 31.5 Å². The Bertz CT molecular complexity index is 1260. The Morgan fingerprint density at radius 2 is 1.67 bits per heavy atom. The number of hydrogen-bond acceptors (Lipinski definition) is 6. The van der Waals surface area contributed by atoms with Crippen LogP contribution >= 0.6 is 0 Å². The van der Waals surface area contributed by atoms with E-state index < -0.39 is 27.6 Å². The van der Waals surface area contributed by atoms with Gasteiger partial charge in [-0.25, -0.2) is 17.6 Å². The third-order valence-corrected chi connectivity index (χ3v) is 8.42. The highest BCUT2D eigenvalue weighted by Gasteiger charge is 2.43. The van der Waals surface area contributed by atoms with Gasteiger partial charge in [-0.15, -0.1) is 0 Å². The van der Waals surface area contributed by atoms with Gasteiger partial charge in [-0.1, -0.05) is 24.3 Å². The molecule has 1 amide bonds. The zero-order valence-corrected chi connectivity index (χ0v) is 21.9. The van der Waals surface area contributed by atoms with Crippen LogP contribution in [-0.4, -0.2) is 80.6 Å². The molecular weight excluding hydrogens is 546 g/mol. The molecule has 2 aliphatic heterocycles. The molecule has 0 aromatic heterocycles. The molecule has 1 saturated heterocycles. The van der Waals surface area contributed by atoms with E-state index in [0.29, 0.717) is 18.9 Å². The topological polar surface area (TPSA) is 116 Å². The predicted molar refractivity (Wildman–Crippen MR) is 132 cm³/mol. The number of nitrogens with zero attached hydrogens (tertiary/aromatic N) is 2. The Hall–Kier alpha value is -3.23. The van der Waals surface area contributed by atoms with Gasteiger partial charge in [-0.2, -0.15) is 17.5 Å². The van der Waals surface area contributed by atoms with Crippen molar-refractivity contribution < 1.29 is 45.4 Å². The van der Waals surface area contributed by atoms with E-state index in [-0.39, 0.29) is 29.7 Å². The van der Waals surface area contributed by atoms with Gasteiger partial charge in [0.05, 0.1) is 13.2 Å². The van der Waals surface area contributed by atoms with E-state index in [2.05, 4.69) is 10.2 Å². The number of aliphatic carboxylic acids is 1. The number of carbonyl (C=O) groups is 2. The molecule has 14 heteroatoms. The van der Waals surface area contributed by atoms with Gasteiger partial charge in [0.2, 0.25) is 15.9 Å². The fourth-order valence-electron chi connectivity index (χ4n) is 4.37. The zero-order chi connectivity index (χ0) is 28.8. The molecule has 0 saturated carbocycles. The van der Waals surface area contributed by atoms with Gasteiger partial charge in [0.25, 0.3) is 0 Å². The number of nitrogens with one attached hydrogen (secondary N) is 1. The molecule has 0 aliphatic carbocycles. The van der Waals surface area contributed by atoms with E-state index in [1.165, 1.54) is 29.6 Å². The Kier molecular flexibility index (Phi) is 9.56. The van der Waals surface area contributed by atoms with Gasteiger partial charge in [0.1, 0.15) is 16.5 Å². The number of likely N-dealkylation sites (N-methyl/N-ethyl adjacent to an activating group) is 1. The molecule has 0 bridgehead atoms. The maximum absolute atomic E-state index is 13.4. The summed E-state index contributed by atoms with van der Waals surface area (Å²) in [4.78, 5) is 23.4. The number of carboxylic acids is 1. The van der Waals surface area contributed by atoms with Crippen molar-refractivity contribution in [3.63, 3.8) is 0 Å². The predicted octanol–water partition coefficient (Wildman–Crippen LogP) is 2.87. The van der Waals surface area contributed by atoms with E-state index >= 15 is 0 Å². The minimum absolute atomic E-state index is 0.0903. The number of fused-ring (bicyclic) bond motifs is 1. The molecule has 2 aromatic rings. The van der Waals surface area contributed by atoms with E-state index in [1.807, 2.05) is 0 Å². The SMILES string of the molecule is CNC(=O)CN1CC2(CCN(Cc3ccc(F)cc3)CC2)COc2ccccc2S1(=O)=O.O=C(O)C(F)(F)F. The summed E-state index contributed by atoms with van der Waals surface area (Å²) in [5.41, 5.74) is 0.641. The first kappa shape index (κ1) is 30.3. The number of sulfonamides is 1. The first-order valence-corrected chi connectivity index (χ1v) is 13.4. The van der Waals surface area contributed by atoms with Crippen LogP contribution in [0.5, 0.6) is 5.75 Å². The lowest BCUT2D eigenvalue weighted by molar-refractivity contribution is -0.192.